The summed E-state index contributed by atoms with van der Waals surface area (Å²) in [6, 6.07) is 8.41. The molecule has 1 unspecified atom stereocenters. The summed E-state index contributed by atoms with van der Waals surface area (Å²) in [7, 11) is 0. The van der Waals surface area contributed by atoms with Crippen molar-refractivity contribution in [2.24, 2.45) is 5.41 Å². The maximum absolute atomic E-state index is 6.11. The Kier molecular flexibility index (Phi) is 4.08. The SMILES string of the molecule is CCNC1CC(C)(C)Cc2nc(-c3cccc(Cl)c3)sc21. The number of rotatable bonds is 3. The van der Waals surface area contributed by atoms with Crippen molar-refractivity contribution >= 4 is 22.9 Å². The normalized spacial score (nSPS) is 20.3. The van der Waals surface area contributed by atoms with Gasteiger partial charge in [-0.15, -0.1) is 11.3 Å². The van der Waals surface area contributed by atoms with E-state index in [2.05, 4.69) is 32.2 Å². The van der Waals surface area contributed by atoms with Crippen LogP contribution in [0.3, 0.4) is 0 Å². The molecule has 1 N–H and O–H groups in total. The highest BCUT2D eigenvalue weighted by molar-refractivity contribution is 7.15. The summed E-state index contributed by atoms with van der Waals surface area (Å²) in [5.74, 6) is 0. The highest BCUT2D eigenvalue weighted by Crippen LogP contribution is 2.44. The monoisotopic (exact) mass is 320 g/mol. The molecule has 112 valence electrons. The first kappa shape index (κ1) is 15.0. The zero-order chi connectivity index (χ0) is 15.0. The number of halogens is 1. The average molecular weight is 321 g/mol. The van der Waals surface area contributed by atoms with E-state index in [0.29, 0.717) is 11.5 Å². The second-order valence-electron chi connectivity index (χ2n) is 6.50. The maximum atomic E-state index is 6.11. The Morgan fingerprint density at radius 2 is 2.24 bits per heavy atom. The first-order valence-electron chi connectivity index (χ1n) is 7.47. The number of hydrogen-bond acceptors (Lipinski definition) is 3. The van der Waals surface area contributed by atoms with E-state index in [1.165, 1.54) is 17.0 Å². The van der Waals surface area contributed by atoms with E-state index in [0.717, 1.165) is 28.6 Å². The van der Waals surface area contributed by atoms with E-state index in [-0.39, 0.29) is 0 Å². The summed E-state index contributed by atoms with van der Waals surface area (Å²) in [5.41, 5.74) is 2.69. The van der Waals surface area contributed by atoms with Crippen LogP contribution < -0.4 is 5.32 Å². The predicted molar refractivity (Wildman–Crippen MR) is 91.1 cm³/mol. The summed E-state index contributed by atoms with van der Waals surface area (Å²) >= 11 is 7.92. The van der Waals surface area contributed by atoms with Crippen molar-refractivity contribution in [1.82, 2.24) is 10.3 Å². The molecule has 2 nitrogen and oxygen atoms in total. The number of nitrogens with zero attached hydrogens (tertiary/aromatic N) is 1. The molecule has 0 radical (unpaired) electrons. The van der Waals surface area contributed by atoms with Crippen molar-refractivity contribution in [2.75, 3.05) is 6.54 Å². The van der Waals surface area contributed by atoms with Gasteiger partial charge in [0.25, 0.3) is 0 Å². The minimum Gasteiger partial charge on any atom is -0.309 e. The summed E-state index contributed by atoms with van der Waals surface area (Å²) in [4.78, 5) is 6.32. The Labute approximate surface area is 135 Å². The Hall–Kier alpha value is -0.900. The van der Waals surface area contributed by atoms with E-state index in [9.17, 15) is 0 Å². The molecule has 3 rings (SSSR count). The van der Waals surface area contributed by atoms with Gasteiger partial charge >= 0.3 is 0 Å². The molecule has 21 heavy (non-hydrogen) atoms. The average Bonchev–Trinajstić information content (AvgIpc) is 2.81. The van der Waals surface area contributed by atoms with Gasteiger partial charge in [0.15, 0.2) is 0 Å². The zero-order valence-corrected chi connectivity index (χ0v) is 14.3. The molecular weight excluding hydrogens is 300 g/mol. The zero-order valence-electron chi connectivity index (χ0n) is 12.7. The lowest BCUT2D eigenvalue weighted by atomic mass is 9.76. The molecule has 1 aromatic carbocycles. The fourth-order valence-corrected chi connectivity index (χ4v) is 4.43. The molecule has 0 fully saturated rings. The van der Waals surface area contributed by atoms with Crippen LogP contribution in [0.25, 0.3) is 10.6 Å². The van der Waals surface area contributed by atoms with Crippen LogP contribution in [0.1, 0.15) is 43.8 Å². The molecule has 2 aromatic rings. The predicted octanol–water partition coefficient (Wildman–Crippen LogP) is 5.09. The van der Waals surface area contributed by atoms with Crippen molar-refractivity contribution in [2.45, 2.75) is 39.7 Å². The van der Waals surface area contributed by atoms with Gasteiger partial charge in [0.2, 0.25) is 0 Å². The number of thiazole rings is 1. The van der Waals surface area contributed by atoms with Crippen molar-refractivity contribution in [1.29, 1.82) is 0 Å². The van der Waals surface area contributed by atoms with Crippen LogP contribution in [0.5, 0.6) is 0 Å². The lowest BCUT2D eigenvalue weighted by Crippen LogP contribution is -2.32. The van der Waals surface area contributed by atoms with Crippen LogP contribution in [-0.4, -0.2) is 11.5 Å². The standard InChI is InChI=1S/C17H21ClN2S/c1-4-19-13-9-17(2,3)10-14-15(13)21-16(20-14)11-6-5-7-12(18)8-11/h5-8,13,19H,4,9-10H2,1-3H3. The summed E-state index contributed by atoms with van der Waals surface area (Å²) in [6.07, 6.45) is 2.23. The summed E-state index contributed by atoms with van der Waals surface area (Å²) < 4.78 is 0. The van der Waals surface area contributed by atoms with E-state index < -0.39 is 0 Å². The number of hydrogen-bond donors (Lipinski definition) is 1. The van der Waals surface area contributed by atoms with Gasteiger partial charge in [-0.2, -0.15) is 0 Å². The minimum absolute atomic E-state index is 0.305. The van der Waals surface area contributed by atoms with Crippen molar-refractivity contribution in [3.05, 3.63) is 39.9 Å². The van der Waals surface area contributed by atoms with E-state index >= 15 is 0 Å². The Morgan fingerprint density at radius 3 is 2.95 bits per heavy atom. The Bertz CT molecular complexity index is 648. The molecule has 0 spiro atoms. The number of benzene rings is 1. The molecule has 1 atom stereocenters. The molecule has 1 aliphatic rings. The molecule has 0 saturated heterocycles. The third-order valence-corrected chi connectivity index (χ3v) is 5.46. The van der Waals surface area contributed by atoms with Gasteiger partial charge < -0.3 is 5.32 Å². The fraction of sp³-hybridized carbons (Fsp3) is 0.471. The first-order valence-corrected chi connectivity index (χ1v) is 8.67. The molecule has 0 bridgehead atoms. The third kappa shape index (κ3) is 3.15. The smallest absolute Gasteiger partial charge is 0.123 e. The highest BCUT2D eigenvalue weighted by Gasteiger charge is 2.34. The number of nitrogens with one attached hydrogen (secondary N) is 1. The van der Waals surface area contributed by atoms with Crippen molar-refractivity contribution in [3.8, 4) is 10.6 Å². The van der Waals surface area contributed by atoms with Crippen molar-refractivity contribution < 1.29 is 0 Å². The largest absolute Gasteiger partial charge is 0.309 e. The maximum Gasteiger partial charge on any atom is 0.123 e. The van der Waals surface area contributed by atoms with E-state index in [4.69, 9.17) is 16.6 Å². The molecule has 4 heteroatoms. The van der Waals surface area contributed by atoms with E-state index in [1.54, 1.807) is 0 Å². The van der Waals surface area contributed by atoms with Crippen molar-refractivity contribution in [3.63, 3.8) is 0 Å². The molecule has 1 aromatic heterocycles. The second kappa shape index (κ2) is 5.71. The van der Waals surface area contributed by atoms with Gasteiger partial charge in [-0.25, -0.2) is 4.98 Å². The number of fused-ring (bicyclic) bond motifs is 1. The lowest BCUT2D eigenvalue weighted by molar-refractivity contribution is 0.260. The van der Waals surface area contributed by atoms with Gasteiger partial charge in [-0.3, -0.25) is 0 Å². The van der Waals surface area contributed by atoms with Crippen LogP contribution in [0, 0.1) is 5.41 Å². The van der Waals surface area contributed by atoms with Crippen LogP contribution >= 0.6 is 22.9 Å². The first-order chi connectivity index (χ1) is 9.98. The Balaban J connectivity index is 2.01. The van der Waals surface area contributed by atoms with Gasteiger partial charge in [-0.1, -0.05) is 44.5 Å². The second-order valence-corrected chi connectivity index (χ2v) is 7.96. The van der Waals surface area contributed by atoms with Gasteiger partial charge in [0.05, 0.1) is 5.69 Å². The molecule has 0 amide bonds. The lowest BCUT2D eigenvalue weighted by Gasteiger charge is -2.34. The van der Waals surface area contributed by atoms with Crippen LogP contribution in [-0.2, 0) is 6.42 Å². The van der Waals surface area contributed by atoms with Crippen LogP contribution in [0.2, 0.25) is 5.02 Å². The summed E-state index contributed by atoms with van der Waals surface area (Å²) in [6.45, 7) is 7.82. The summed E-state index contributed by atoms with van der Waals surface area (Å²) in [5, 5.41) is 5.47. The van der Waals surface area contributed by atoms with Crippen LogP contribution in [0.15, 0.2) is 24.3 Å². The molecular formula is C17H21ClN2S. The minimum atomic E-state index is 0.305. The molecule has 1 heterocycles. The number of aromatic nitrogens is 1. The van der Waals surface area contributed by atoms with Gasteiger partial charge in [-0.05, 0) is 36.9 Å². The fourth-order valence-electron chi connectivity index (χ4n) is 3.09. The topological polar surface area (TPSA) is 24.9 Å². The molecule has 0 aliphatic heterocycles. The van der Waals surface area contributed by atoms with Gasteiger partial charge in [0.1, 0.15) is 5.01 Å². The molecule has 1 aliphatic carbocycles. The van der Waals surface area contributed by atoms with Gasteiger partial charge in [0, 0.05) is 21.5 Å². The van der Waals surface area contributed by atoms with Crippen LogP contribution in [0.4, 0.5) is 0 Å². The highest BCUT2D eigenvalue weighted by atomic mass is 35.5. The molecule has 0 saturated carbocycles. The third-order valence-electron chi connectivity index (χ3n) is 3.97. The Morgan fingerprint density at radius 1 is 1.43 bits per heavy atom. The quantitative estimate of drug-likeness (QED) is 0.852. The van der Waals surface area contributed by atoms with E-state index in [1.807, 2.05) is 29.5 Å².